The molecule has 2 heteroatoms. The molecular weight excluding hydrogens is 332 g/mol. The smallest absolute Gasteiger partial charge is 0.321 e. The van der Waals surface area contributed by atoms with Crippen molar-refractivity contribution in [3.05, 3.63) is 83.4 Å². The lowest BCUT2D eigenvalue weighted by atomic mass is 9.72. The van der Waals surface area contributed by atoms with Crippen LogP contribution in [-0.4, -0.2) is 12.1 Å². The van der Waals surface area contributed by atoms with E-state index in [2.05, 4.69) is 30.3 Å². The summed E-state index contributed by atoms with van der Waals surface area (Å²) in [6.07, 6.45) is 11.6. The molecule has 0 bridgehead atoms. The van der Waals surface area contributed by atoms with E-state index in [1.165, 1.54) is 37.7 Å². The highest BCUT2D eigenvalue weighted by molar-refractivity contribution is 5.90. The third-order valence-electron chi connectivity index (χ3n) is 6.06. The van der Waals surface area contributed by atoms with Gasteiger partial charge < -0.3 is 4.74 Å². The molecule has 1 aliphatic heterocycles. The molecular formula is C25H28O2. The van der Waals surface area contributed by atoms with Crippen molar-refractivity contribution in [3.63, 3.8) is 0 Å². The molecule has 1 saturated carbocycles. The Balaban J connectivity index is 1.68. The van der Waals surface area contributed by atoms with Gasteiger partial charge >= 0.3 is 5.97 Å². The molecule has 0 amide bonds. The number of ether oxygens (including phenoxy) is 1. The zero-order valence-corrected chi connectivity index (χ0v) is 15.9. The number of hydrogen-bond donors (Lipinski definition) is 0. The fourth-order valence-electron chi connectivity index (χ4n) is 4.63. The Bertz CT molecular complexity index is 742. The van der Waals surface area contributed by atoms with Crippen LogP contribution in [0.25, 0.3) is 0 Å². The van der Waals surface area contributed by atoms with E-state index in [9.17, 15) is 4.79 Å². The second-order valence-electron chi connectivity index (χ2n) is 7.88. The Labute approximate surface area is 162 Å². The van der Waals surface area contributed by atoms with E-state index < -0.39 is 5.41 Å². The zero-order chi connectivity index (χ0) is 18.5. The first-order valence-corrected chi connectivity index (χ1v) is 10.3. The number of rotatable bonds is 3. The van der Waals surface area contributed by atoms with E-state index in [0.29, 0.717) is 6.42 Å². The van der Waals surface area contributed by atoms with Crippen molar-refractivity contribution in [2.75, 3.05) is 0 Å². The van der Waals surface area contributed by atoms with Gasteiger partial charge in [-0.3, -0.25) is 4.79 Å². The molecule has 1 atom stereocenters. The molecule has 2 aromatic rings. The van der Waals surface area contributed by atoms with Gasteiger partial charge in [0.25, 0.3) is 0 Å². The van der Waals surface area contributed by atoms with E-state index >= 15 is 0 Å². The van der Waals surface area contributed by atoms with Gasteiger partial charge in [0, 0.05) is 6.42 Å². The Morgan fingerprint density at radius 1 is 0.778 bits per heavy atom. The third kappa shape index (κ3) is 3.71. The molecule has 1 aliphatic carbocycles. The summed E-state index contributed by atoms with van der Waals surface area (Å²) in [6, 6.07) is 20.2. The number of esters is 1. The Morgan fingerprint density at radius 3 is 1.85 bits per heavy atom. The summed E-state index contributed by atoms with van der Waals surface area (Å²) in [5.41, 5.74) is 2.83. The molecule has 1 heterocycles. The SMILES string of the molecule is O=C1O[C@H](C=C2CCCCCCC2)CC1(c1ccccc1)c1ccccc1. The van der Waals surface area contributed by atoms with Gasteiger partial charge in [-0.2, -0.15) is 0 Å². The van der Waals surface area contributed by atoms with Gasteiger partial charge in [0.05, 0.1) is 0 Å². The molecule has 2 fully saturated rings. The van der Waals surface area contributed by atoms with Crippen LogP contribution in [0.1, 0.15) is 62.5 Å². The topological polar surface area (TPSA) is 26.3 Å². The number of benzene rings is 2. The van der Waals surface area contributed by atoms with Crippen LogP contribution in [0, 0.1) is 0 Å². The van der Waals surface area contributed by atoms with Crippen molar-refractivity contribution in [1.29, 1.82) is 0 Å². The first-order chi connectivity index (χ1) is 13.3. The van der Waals surface area contributed by atoms with Crippen LogP contribution in [0.15, 0.2) is 72.3 Å². The summed E-state index contributed by atoms with van der Waals surface area (Å²) < 4.78 is 5.95. The minimum atomic E-state index is -0.703. The van der Waals surface area contributed by atoms with Gasteiger partial charge in [0.2, 0.25) is 0 Å². The summed E-state index contributed by atoms with van der Waals surface area (Å²) >= 11 is 0. The van der Waals surface area contributed by atoms with E-state index in [1.54, 1.807) is 0 Å². The average Bonchev–Trinajstić information content (AvgIpc) is 3.02. The van der Waals surface area contributed by atoms with Gasteiger partial charge in [-0.25, -0.2) is 0 Å². The maximum Gasteiger partial charge on any atom is 0.321 e. The second-order valence-corrected chi connectivity index (χ2v) is 7.88. The standard InChI is InChI=1S/C25H28O2/c26-24-25(21-14-8-4-9-15-21,22-16-10-5-11-17-22)19-23(27-24)18-20-12-6-2-1-3-7-13-20/h4-5,8-11,14-18,23H,1-3,6-7,12-13,19H2/t23-/m1/s1. The van der Waals surface area contributed by atoms with Crippen molar-refractivity contribution < 1.29 is 9.53 Å². The van der Waals surface area contributed by atoms with Gasteiger partial charge in [-0.15, -0.1) is 0 Å². The fraction of sp³-hybridized carbons (Fsp3) is 0.400. The van der Waals surface area contributed by atoms with Crippen LogP contribution in [0.3, 0.4) is 0 Å². The molecule has 0 unspecified atom stereocenters. The number of allylic oxidation sites excluding steroid dienone is 1. The predicted octanol–water partition coefficient (Wildman–Crippen LogP) is 5.96. The number of carbonyl (C=O) groups excluding carboxylic acids is 1. The fourth-order valence-corrected chi connectivity index (χ4v) is 4.63. The Hall–Kier alpha value is -2.35. The first kappa shape index (κ1) is 18.0. The van der Waals surface area contributed by atoms with E-state index in [-0.39, 0.29) is 12.1 Å². The lowest BCUT2D eigenvalue weighted by molar-refractivity contribution is -0.143. The van der Waals surface area contributed by atoms with Crippen LogP contribution in [0.4, 0.5) is 0 Å². The van der Waals surface area contributed by atoms with Gasteiger partial charge in [-0.1, -0.05) is 85.5 Å². The Kier molecular flexibility index (Phi) is 5.42. The summed E-state index contributed by atoms with van der Waals surface area (Å²) in [6.45, 7) is 0. The zero-order valence-electron chi connectivity index (χ0n) is 15.9. The molecule has 0 aromatic heterocycles. The molecule has 1 saturated heterocycles. The van der Waals surface area contributed by atoms with E-state index in [0.717, 1.165) is 24.0 Å². The quantitative estimate of drug-likeness (QED) is 0.499. The average molecular weight is 360 g/mol. The van der Waals surface area contributed by atoms with Crippen LogP contribution in [0.2, 0.25) is 0 Å². The molecule has 140 valence electrons. The number of carbonyl (C=O) groups is 1. The normalized spacial score (nSPS) is 22.6. The van der Waals surface area contributed by atoms with Crippen molar-refractivity contribution >= 4 is 5.97 Å². The minimum Gasteiger partial charge on any atom is -0.457 e. The maximum atomic E-state index is 13.2. The summed E-state index contributed by atoms with van der Waals surface area (Å²) in [5.74, 6) is -0.118. The second kappa shape index (κ2) is 8.12. The molecule has 0 N–H and O–H groups in total. The number of hydrogen-bond acceptors (Lipinski definition) is 2. The molecule has 2 aliphatic rings. The highest BCUT2D eigenvalue weighted by Gasteiger charge is 2.51. The summed E-state index contributed by atoms with van der Waals surface area (Å²) in [4.78, 5) is 13.2. The van der Waals surface area contributed by atoms with Gasteiger partial charge in [0.1, 0.15) is 11.5 Å². The van der Waals surface area contributed by atoms with Gasteiger partial charge in [0.15, 0.2) is 0 Å². The molecule has 0 spiro atoms. The lowest BCUT2D eigenvalue weighted by Crippen LogP contribution is -2.32. The highest BCUT2D eigenvalue weighted by atomic mass is 16.6. The summed E-state index contributed by atoms with van der Waals surface area (Å²) in [7, 11) is 0. The monoisotopic (exact) mass is 360 g/mol. The minimum absolute atomic E-state index is 0.118. The van der Waals surface area contributed by atoms with E-state index in [1.807, 2.05) is 36.4 Å². The number of cyclic esters (lactones) is 1. The molecule has 0 radical (unpaired) electrons. The van der Waals surface area contributed by atoms with Crippen LogP contribution >= 0.6 is 0 Å². The van der Waals surface area contributed by atoms with Crippen molar-refractivity contribution in [2.24, 2.45) is 0 Å². The van der Waals surface area contributed by atoms with Crippen LogP contribution in [0.5, 0.6) is 0 Å². The van der Waals surface area contributed by atoms with Crippen molar-refractivity contribution in [2.45, 2.75) is 62.9 Å². The lowest BCUT2D eigenvalue weighted by Gasteiger charge is -2.26. The summed E-state index contributed by atoms with van der Waals surface area (Å²) in [5, 5.41) is 0. The Morgan fingerprint density at radius 2 is 1.30 bits per heavy atom. The molecule has 2 aromatic carbocycles. The third-order valence-corrected chi connectivity index (χ3v) is 6.06. The van der Waals surface area contributed by atoms with Crippen molar-refractivity contribution in [1.82, 2.24) is 0 Å². The largest absolute Gasteiger partial charge is 0.457 e. The molecule has 27 heavy (non-hydrogen) atoms. The molecule has 2 nitrogen and oxygen atoms in total. The predicted molar refractivity (Wildman–Crippen MR) is 109 cm³/mol. The van der Waals surface area contributed by atoms with Crippen molar-refractivity contribution in [3.8, 4) is 0 Å². The van der Waals surface area contributed by atoms with Gasteiger partial charge in [-0.05, 0) is 42.9 Å². The first-order valence-electron chi connectivity index (χ1n) is 10.3. The van der Waals surface area contributed by atoms with E-state index in [4.69, 9.17) is 4.74 Å². The maximum absolute atomic E-state index is 13.2. The van der Waals surface area contributed by atoms with Crippen LogP contribution in [-0.2, 0) is 14.9 Å². The molecule has 4 rings (SSSR count). The highest BCUT2D eigenvalue weighted by Crippen LogP contribution is 2.44. The van der Waals surface area contributed by atoms with Crippen LogP contribution < -0.4 is 0 Å².